The van der Waals surface area contributed by atoms with Crippen molar-refractivity contribution >= 4 is 0 Å². The van der Waals surface area contributed by atoms with Crippen molar-refractivity contribution < 1.29 is 4.39 Å². The van der Waals surface area contributed by atoms with Gasteiger partial charge in [-0.1, -0.05) is 12.2 Å². The highest BCUT2D eigenvalue weighted by molar-refractivity contribution is 5.21. The zero-order valence-corrected chi connectivity index (χ0v) is 5.18. The average molecular weight is 127 g/mol. The normalized spacial score (nSPS) is 33.1. The van der Waals surface area contributed by atoms with Crippen LogP contribution in [0.4, 0.5) is 4.39 Å². The molecular weight excluding hydrogens is 117 g/mol. The van der Waals surface area contributed by atoms with Gasteiger partial charge >= 0.3 is 0 Å². The largest absolute Gasteiger partial charge is 0.329 e. The van der Waals surface area contributed by atoms with E-state index in [0.717, 1.165) is 6.42 Å². The monoisotopic (exact) mass is 127 g/mol. The zero-order chi connectivity index (χ0) is 6.74. The average Bonchev–Trinajstić information content (AvgIpc) is 1.79. The molecule has 1 atom stereocenters. The van der Waals surface area contributed by atoms with Crippen LogP contribution in [-0.2, 0) is 0 Å². The highest BCUT2D eigenvalue weighted by Crippen LogP contribution is 2.33. The van der Waals surface area contributed by atoms with E-state index >= 15 is 0 Å². The molecule has 1 rings (SSSR count). The van der Waals surface area contributed by atoms with Crippen LogP contribution in [0.3, 0.4) is 0 Å². The molecule has 2 N–H and O–H groups in total. The van der Waals surface area contributed by atoms with Gasteiger partial charge in [-0.15, -0.1) is 0 Å². The second-order valence-corrected chi connectivity index (χ2v) is 2.34. The lowest BCUT2D eigenvalue weighted by Gasteiger charge is -2.30. The van der Waals surface area contributed by atoms with E-state index in [-0.39, 0.29) is 5.41 Å². The van der Waals surface area contributed by atoms with E-state index < -0.39 is 0 Å². The van der Waals surface area contributed by atoms with Crippen molar-refractivity contribution in [1.82, 2.24) is 0 Å². The van der Waals surface area contributed by atoms with Crippen molar-refractivity contribution in [2.75, 3.05) is 6.54 Å². The highest BCUT2D eigenvalue weighted by Gasteiger charge is 2.26. The van der Waals surface area contributed by atoms with Gasteiger partial charge in [-0.3, -0.25) is 0 Å². The summed E-state index contributed by atoms with van der Waals surface area (Å²) in [6.45, 7) is 0.504. The van der Waals surface area contributed by atoms with Gasteiger partial charge in [0.1, 0.15) is 0 Å². The molecule has 0 radical (unpaired) electrons. The quantitative estimate of drug-likeness (QED) is 0.557. The maximum atomic E-state index is 11.6. The Morgan fingerprint density at radius 3 is 2.56 bits per heavy atom. The predicted octanol–water partition coefficient (Wildman–Crippen LogP) is 1.37. The van der Waals surface area contributed by atoms with Crippen molar-refractivity contribution in [2.45, 2.75) is 6.42 Å². The standard InChI is InChI=1S/C7H10FN/c8-5-4-7(6-9)2-1-3-7/h1-2,4-5H,3,6,9H2/b5-4+/t7-/m0/s1. The molecule has 0 heterocycles. The number of nitrogens with two attached hydrogens (primary N) is 1. The van der Waals surface area contributed by atoms with Gasteiger partial charge in [-0.05, 0) is 12.5 Å². The van der Waals surface area contributed by atoms with Crippen molar-refractivity contribution in [2.24, 2.45) is 11.1 Å². The van der Waals surface area contributed by atoms with E-state index in [0.29, 0.717) is 12.9 Å². The Morgan fingerprint density at radius 2 is 2.44 bits per heavy atom. The second-order valence-electron chi connectivity index (χ2n) is 2.34. The molecule has 0 unspecified atom stereocenters. The molecule has 1 aliphatic carbocycles. The first-order valence-corrected chi connectivity index (χ1v) is 2.99. The van der Waals surface area contributed by atoms with Crippen molar-refractivity contribution in [3.05, 3.63) is 24.6 Å². The van der Waals surface area contributed by atoms with E-state index in [4.69, 9.17) is 5.73 Å². The summed E-state index contributed by atoms with van der Waals surface area (Å²) in [7, 11) is 0. The minimum atomic E-state index is -0.144. The summed E-state index contributed by atoms with van der Waals surface area (Å²) < 4.78 is 11.6. The van der Waals surface area contributed by atoms with E-state index in [1.165, 1.54) is 6.08 Å². The molecule has 0 bridgehead atoms. The maximum absolute atomic E-state index is 11.6. The number of hydrogen-bond donors (Lipinski definition) is 1. The molecule has 0 amide bonds. The third-order valence-electron chi connectivity index (χ3n) is 1.72. The molecule has 0 saturated heterocycles. The molecule has 2 heteroatoms. The van der Waals surface area contributed by atoms with Crippen molar-refractivity contribution in [1.29, 1.82) is 0 Å². The van der Waals surface area contributed by atoms with E-state index in [2.05, 4.69) is 0 Å². The molecule has 0 spiro atoms. The number of allylic oxidation sites excluding steroid dienone is 1. The van der Waals surface area contributed by atoms with Crippen LogP contribution >= 0.6 is 0 Å². The first-order valence-electron chi connectivity index (χ1n) is 2.99. The van der Waals surface area contributed by atoms with Gasteiger partial charge in [-0.25, -0.2) is 4.39 Å². The van der Waals surface area contributed by atoms with Crippen LogP contribution in [-0.4, -0.2) is 6.54 Å². The Morgan fingerprint density at radius 1 is 1.78 bits per heavy atom. The Labute approximate surface area is 54.0 Å². The van der Waals surface area contributed by atoms with Gasteiger partial charge in [0, 0.05) is 12.0 Å². The second kappa shape index (κ2) is 2.31. The van der Waals surface area contributed by atoms with Gasteiger partial charge in [-0.2, -0.15) is 0 Å². The molecule has 1 aliphatic rings. The fourth-order valence-electron chi connectivity index (χ4n) is 0.889. The summed E-state index contributed by atoms with van der Waals surface area (Å²) >= 11 is 0. The fraction of sp³-hybridized carbons (Fsp3) is 0.429. The van der Waals surface area contributed by atoms with Gasteiger partial charge in [0.05, 0.1) is 6.33 Å². The highest BCUT2D eigenvalue weighted by atomic mass is 19.1. The minimum Gasteiger partial charge on any atom is -0.329 e. The van der Waals surface area contributed by atoms with E-state index in [9.17, 15) is 4.39 Å². The molecule has 0 aromatic heterocycles. The fourth-order valence-corrected chi connectivity index (χ4v) is 0.889. The molecule has 0 fully saturated rings. The lowest BCUT2D eigenvalue weighted by atomic mass is 9.76. The summed E-state index contributed by atoms with van der Waals surface area (Å²) in [6, 6.07) is 0. The first-order chi connectivity index (χ1) is 4.33. The van der Waals surface area contributed by atoms with Crippen LogP contribution in [0.25, 0.3) is 0 Å². The Bertz CT molecular complexity index is 151. The topological polar surface area (TPSA) is 26.0 Å². The summed E-state index contributed by atoms with van der Waals surface area (Å²) in [5.74, 6) is 0. The van der Waals surface area contributed by atoms with Gasteiger partial charge in [0.25, 0.3) is 0 Å². The third kappa shape index (κ3) is 1.03. The minimum absolute atomic E-state index is 0.144. The molecule has 50 valence electrons. The van der Waals surface area contributed by atoms with Gasteiger partial charge in [0.15, 0.2) is 0 Å². The maximum Gasteiger partial charge on any atom is 0.0836 e. The Balaban J connectivity index is 2.59. The SMILES string of the molecule is NC[C@@]1(/C=C/F)C=CC1. The predicted molar refractivity (Wildman–Crippen MR) is 35.5 cm³/mol. The van der Waals surface area contributed by atoms with E-state index in [1.807, 2.05) is 12.2 Å². The van der Waals surface area contributed by atoms with Crippen LogP contribution in [0.1, 0.15) is 6.42 Å². The molecule has 0 aliphatic heterocycles. The molecule has 0 aromatic carbocycles. The van der Waals surface area contributed by atoms with Crippen molar-refractivity contribution in [3.8, 4) is 0 Å². The third-order valence-corrected chi connectivity index (χ3v) is 1.72. The van der Waals surface area contributed by atoms with E-state index in [1.54, 1.807) is 0 Å². The molecular formula is C7H10FN. The van der Waals surface area contributed by atoms with Crippen LogP contribution < -0.4 is 5.73 Å². The summed E-state index contributed by atoms with van der Waals surface area (Å²) in [4.78, 5) is 0. The van der Waals surface area contributed by atoms with Crippen LogP contribution in [0.15, 0.2) is 24.6 Å². The molecule has 9 heavy (non-hydrogen) atoms. The Hall–Kier alpha value is -0.630. The van der Waals surface area contributed by atoms with Crippen LogP contribution in [0.5, 0.6) is 0 Å². The van der Waals surface area contributed by atoms with Crippen LogP contribution in [0.2, 0.25) is 0 Å². The lowest BCUT2D eigenvalue weighted by molar-refractivity contribution is 0.460. The first kappa shape index (κ1) is 6.49. The van der Waals surface area contributed by atoms with Crippen molar-refractivity contribution in [3.63, 3.8) is 0 Å². The molecule has 0 aromatic rings. The number of rotatable bonds is 2. The summed E-state index contributed by atoms with van der Waals surface area (Å²) in [5.41, 5.74) is 5.24. The summed E-state index contributed by atoms with van der Waals surface area (Å²) in [6.07, 6.45) is 6.88. The van der Waals surface area contributed by atoms with Gasteiger partial charge in [0.2, 0.25) is 0 Å². The summed E-state index contributed by atoms with van der Waals surface area (Å²) in [5, 5.41) is 0. The van der Waals surface area contributed by atoms with Crippen LogP contribution in [0, 0.1) is 5.41 Å². The lowest BCUT2D eigenvalue weighted by Crippen LogP contribution is -2.30. The molecule has 1 nitrogen and oxygen atoms in total. The smallest absolute Gasteiger partial charge is 0.0836 e. The molecule has 0 saturated carbocycles. The zero-order valence-electron chi connectivity index (χ0n) is 5.18. The number of halogens is 1. The van der Waals surface area contributed by atoms with Gasteiger partial charge < -0.3 is 5.73 Å². The number of hydrogen-bond acceptors (Lipinski definition) is 1. The Kier molecular flexibility index (Phi) is 1.67.